The summed E-state index contributed by atoms with van der Waals surface area (Å²) in [6, 6.07) is 17.1. The number of carbonyl (C=O) groups excluding carboxylic acids is 3. The van der Waals surface area contributed by atoms with Crippen LogP contribution in [0.3, 0.4) is 0 Å². The fraction of sp³-hybridized carbons (Fsp3) is 0.154. The van der Waals surface area contributed by atoms with Gasteiger partial charge in [0.1, 0.15) is 5.75 Å². The first-order chi connectivity index (χ1) is 17.2. The number of hydrogen-bond donors (Lipinski definition) is 3. The topological polar surface area (TPSA) is 109 Å². The van der Waals surface area contributed by atoms with Crippen LogP contribution in [0.15, 0.2) is 65.8 Å². The average Bonchev–Trinajstić information content (AvgIpc) is 2.86. The standard InChI is InChI=1S/C26H24Cl2N4O4/c1-3-17-5-9-20(10-6-17)30-24(33)15-36-23-11-7-19(27)12-18(23)14-29-32-26(35)25(34)31-21-8-4-16(2)22(28)13-21/h4-14H,3,15H2,1-2H3,(H,30,33)(H,31,34)(H,32,35)/b29-14-. The smallest absolute Gasteiger partial charge is 0.329 e. The Morgan fingerprint density at radius 3 is 2.33 bits per heavy atom. The van der Waals surface area contributed by atoms with Crippen molar-refractivity contribution in [1.82, 2.24) is 5.43 Å². The van der Waals surface area contributed by atoms with Gasteiger partial charge < -0.3 is 15.4 Å². The van der Waals surface area contributed by atoms with Gasteiger partial charge in [0, 0.05) is 27.0 Å². The van der Waals surface area contributed by atoms with Crippen LogP contribution in [-0.2, 0) is 20.8 Å². The molecule has 0 saturated heterocycles. The third-order valence-corrected chi connectivity index (χ3v) is 5.62. The zero-order valence-electron chi connectivity index (χ0n) is 19.6. The maximum absolute atomic E-state index is 12.3. The van der Waals surface area contributed by atoms with Crippen molar-refractivity contribution >= 4 is 58.5 Å². The Labute approximate surface area is 218 Å². The second-order valence-electron chi connectivity index (χ2n) is 7.69. The van der Waals surface area contributed by atoms with Gasteiger partial charge in [-0.15, -0.1) is 0 Å². The number of nitrogens with zero attached hydrogens (tertiary/aromatic N) is 1. The molecule has 0 atom stereocenters. The Bertz CT molecular complexity index is 1290. The number of nitrogens with one attached hydrogen (secondary N) is 3. The summed E-state index contributed by atoms with van der Waals surface area (Å²) < 4.78 is 5.61. The minimum Gasteiger partial charge on any atom is -0.483 e. The maximum atomic E-state index is 12.3. The van der Waals surface area contributed by atoms with E-state index in [1.54, 1.807) is 30.3 Å². The van der Waals surface area contributed by atoms with Crippen LogP contribution in [0.1, 0.15) is 23.6 Å². The molecule has 0 heterocycles. The van der Waals surface area contributed by atoms with Crippen molar-refractivity contribution in [3.05, 3.63) is 87.4 Å². The van der Waals surface area contributed by atoms with Gasteiger partial charge in [-0.3, -0.25) is 14.4 Å². The number of anilines is 2. The number of benzene rings is 3. The molecule has 3 rings (SSSR count). The van der Waals surface area contributed by atoms with Gasteiger partial charge >= 0.3 is 11.8 Å². The van der Waals surface area contributed by atoms with Crippen LogP contribution in [0.25, 0.3) is 0 Å². The van der Waals surface area contributed by atoms with Gasteiger partial charge in [0.2, 0.25) is 0 Å². The molecule has 36 heavy (non-hydrogen) atoms. The van der Waals surface area contributed by atoms with E-state index in [-0.39, 0.29) is 12.5 Å². The molecule has 0 fully saturated rings. The van der Waals surface area contributed by atoms with Crippen LogP contribution in [0.4, 0.5) is 11.4 Å². The highest BCUT2D eigenvalue weighted by molar-refractivity contribution is 6.40. The van der Waals surface area contributed by atoms with Gasteiger partial charge in [-0.05, 0) is 66.9 Å². The largest absolute Gasteiger partial charge is 0.483 e. The molecule has 0 saturated carbocycles. The Morgan fingerprint density at radius 1 is 0.917 bits per heavy atom. The summed E-state index contributed by atoms with van der Waals surface area (Å²) >= 11 is 12.1. The van der Waals surface area contributed by atoms with Crippen molar-refractivity contribution in [3.8, 4) is 5.75 Å². The Kier molecular flexibility index (Phi) is 9.44. The second-order valence-corrected chi connectivity index (χ2v) is 8.53. The maximum Gasteiger partial charge on any atom is 0.329 e. The predicted molar refractivity (Wildman–Crippen MR) is 142 cm³/mol. The summed E-state index contributed by atoms with van der Waals surface area (Å²) in [7, 11) is 0. The van der Waals surface area contributed by atoms with Gasteiger partial charge in [0.15, 0.2) is 6.61 Å². The first-order valence-electron chi connectivity index (χ1n) is 11.0. The molecule has 3 N–H and O–H groups in total. The normalized spacial score (nSPS) is 10.7. The first-order valence-corrected chi connectivity index (χ1v) is 11.7. The van der Waals surface area contributed by atoms with Crippen molar-refractivity contribution < 1.29 is 19.1 Å². The number of aryl methyl sites for hydroxylation is 2. The van der Waals surface area contributed by atoms with Crippen LogP contribution in [0.5, 0.6) is 5.75 Å². The molecule has 0 radical (unpaired) electrons. The van der Waals surface area contributed by atoms with Crippen molar-refractivity contribution in [3.63, 3.8) is 0 Å². The van der Waals surface area contributed by atoms with Gasteiger partial charge in [-0.1, -0.05) is 48.3 Å². The van der Waals surface area contributed by atoms with Crippen LogP contribution in [0.2, 0.25) is 10.0 Å². The van der Waals surface area contributed by atoms with Crippen LogP contribution < -0.4 is 20.8 Å². The van der Waals surface area contributed by atoms with E-state index in [1.165, 1.54) is 17.8 Å². The van der Waals surface area contributed by atoms with E-state index < -0.39 is 11.8 Å². The first kappa shape index (κ1) is 26.7. The molecule has 0 aliphatic heterocycles. The van der Waals surface area contributed by atoms with E-state index in [0.717, 1.165) is 12.0 Å². The van der Waals surface area contributed by atoms with Gasteiger partial charge in [0.05, 0.1) is 6.21 Å². The van der Waals surface area contributed by atoms with Gasteiger partial charge in [-0.25, -0.2) is 5.43 Å². The van der Waals surface area contributed by atoms with E-state index in [0.29, 0.717) is 32.7 Å². The predicted octanol–water partition coefficient (Wildman–Crippen LogP) is 4.97. The molecule has 0 unspecified atom stereocenters. The minimum atomic E-state index is -0.985. The number of carbonyl (C=O) groups is 3. The van der Waals surface area contributed by atoms with Crippen molar-refractivity contribution in [2.75, 3.05) is 17.2 Å². The summed E-state index contributed by atoms with van der Waals surface area (Å²) in [5, 5.41) is 9.85. The fourth-order valence-corrected chi connectivity index (χ4v) is 3.35. The molecule has 0 aromatic heterocycles. The van der Waals surface area contributed by atoms with Gasteiger partial charge in [0.25, 0.3) is 5.91 Å². The molecule has 8 nitrogen and oxygen atoms in total. The number of ether oxygens (including phenoxy) is 1. The lowest BCUT2D eigenvalue weighted by atomic mass is 10.1. The van der Waals surface area contributed by atoms with Crippen LogP contribution in [0, 0.1) is 6.92 Å². The second kappa shape index (κ2) is 12.7. The summed E-state index contributed by atoms with van der Waals surface area (Å²) in [5.74, 6) is -1.94. The number of hydrogen-bond acceptors (Lipinski definition) is 5. The molecule has 0 spiro atoms. The highest BCUT2D eigenvalue weighted by Gasteiger charge is 2.14. The molecule has 186 valence electrons. The van der Waals surface area contributed by atoms with Crippen molar-refractivity contribution in [1.29, 1.82) is 0 Å². The summed E-state index contributed by atoms with van der Waals surface area (Å²) in [6.45, 7) is 3.61. The Balaban J connectivity index is 1.56. The number of hydrazone groups is 1. The lowest BCUT2D eigenvalue weighted by Gasteiger charge is -2.10. The summed E-state index contributed by atoms with van der Waals surface area (Å²) in [4.78, 5) is 36.5. The molecule has 0 bridgehead atoms. The number of halogens is 2. The van der Waals surface area contributed by atoms with E-state index in [4.69, 9.17) is 27.9 Å². The van der Waals surface area contributed by atoms with Crippen LogP contribution >= 0.6 is 23.2 Å². The Morgan fingerprint density at radius 2 is 1.64 bits per heavy atom. The molecule has 0 aliphatic rings. The highest BCUT2D eigenvalue weighted by Crippen LogP contribution is 2.22. The van der Waals surface area contributed by atoms with Gasteiger partial charge in [-0.2, -0.15) is 5.10 Å². The number of rotatable bonds is 8. The van der Waals surface area contributed by atoms with Crippen molar-refractivity contribution in [2.24, 2.45) is 5.10 Å². The Hall–Kier alpha value is -3.88. The quantitative estimate of drug-likeness (QED) is 0.218. The fourth-order valence-electron chi connectivity index (χ4n) is 2.99. The zero-order chi connectivity index (χ0) is 26.1. The third kappa shape index (κ3) is 7.83. The lowest BCUT2D eigenvalue weighted by molar-refractivity contribution is -0.136. The van der Waals surface area contributed by atoms with Crippen LogP contribution in [-0.4, -0.2) is 30.5 Å². The molecular weight excluding hydrogens is 503 g/mol. The lowest BCUT2D eigenvalue weighted by Crippen LogP contribution is -2.32. The molecule has 0 aliphatic carbocycles. The average molecular weight is 527 g/mol. The SMILES string of the molecule is CCc1ccc(NC(=O)COc2ccc(Cl)cc2/C=N\NC(=O)C(=O)Nc2ccc(C)c(Cl)c2)cc1. The molecule has 3 aromatic carbocycles. The summed E-state index contributed by atoms with van der Waals surface area (Å²) in [6.07, 6.45) is 2.17. The molecule has 3 aromatic rings. The molecule has 3 amide bonds. The summed E-state index contributed by atoms with van der Waals surface area (Å²) in [5.41, 5.74) is 5.57. The zero-order valence-corrected chi connectivity index (χ0v) is 21.1. The number of amides is 3. The van der Waals surface area contributed by atoms with E-state index in [1.807, 2.05) is 31.2 Å². The van der Waals surface area contributed by atoms with E-state index >= 15 is 0 Å². The van der Waals surface area contributed by atoms with E-state index in [9.17, 15) is 14.4 Å². The highest BCUT2D eigenvalue weighted by atomic mass is 35.5. The monoisotopic (exact) mass is 526 g/mol. The molecular formula is C26H24Cl2N4O4. The van der Waals surface area contributed by atoms with E-state index in [2.05, 4.69) is 28.1 Å². The van der Waals surface area contributed by atoms with Crippen molar-refractivity contribution in [2.45, 2.75) is 20.3 Å². The molecule has 10 heteroatoms. The minimum absolute atomic E-state index is 0.258. The third-order valence-electron chi connectivity index (χ3n) is 4.98.